The van der Waals surface area contributed by atoms with Gasteiger partial charge in [-0.1, -0.05) is 42.0 Å². The SMILES string of the molecule is COc1ccc([C@@H](OC(=O)Nc2ccc(C)cc2)[C@@H](CCO)Oc2ccccc2)cc1O. The van der Waals surface area contributed by atoms with Crippen LogP contribution in [0.4, 0.5) is 10.5 Å². The largest absolute Gasteiger partial charge is 0.504 e. The van der Waals surface area contributed by atoms with Crippen molar-refractivity contribution in [2.24, 2.45) is 0 Å². The summed E-state index contributed by atoms with van der Waals surface area (Å²) in [6.45, 7) is 1.77. The number of ether oxygens (including phenoxy) is 3. The minimum absolute atomic E-state index is 0.0972. The van der Waals surface area contributed by atoms with Gasteiger partial charge in [-0.25, -0.2) is 4.79 Å². The van der Waals surface area contributed by atoms with Crippen LogP contribution in [0, 0.1) is 6.92 Å². The monoisotopic (exact) mass is 437 g/mol. The molecule has 7 nitrogen and oxygen atoms in total. The summed E-state index contributed by atoms with van der Waals surface area (Å²) in [4.78, 5) is 12.7. The minimum atomic E-state index is -0.912. The number of para-hydroxylation sites is 1. The number of aromatic hydroxyl groups is 1. The van der Waals surface area contributed by atoms with Crippen molar-refractivity contribution in [3.8, 4) is 17.2 Å². The van der Waals surface area contributed by atoms with Gasteiger partial charge in [0.1, 0.15) is 11.9 Å². The van der Waals surface area contributed by atoms with E-state index in [2.05, 4.69) is 5.32 Å². The lowest BCUT2D eigenvalue weighted by molar-refractivity contribution is 0.00897. The molecule has 3 aromatic carbocycles. The van der Waals surface area contributed by atoms with E-state index in [1.165, 1.54) is 13.2 Å². The molecule has 0 saturated carbocycles. The van der Waals surface area contributed by atoms with E-state index in [4.69, 9.17) is 14.2 Å². The molecule has 0 spiro atoms. The maximum atomic E-state index is 12.7. The van der Waals surface area contributed by atoms with E-state index in [1.54, 1.807) is 36.4 Å². The average Bonchev–Trinajstić information content (AvgIpc) is 2.79. The third-order valence-electron chi connectivity index (χ3n) is 4.85. The number of nitrogens with one attached hydrogen (secondary N) is 1. The molecule has 0 aliphatic rings. The number of hydrogen-bond acceptors (Lipinski definition) is 6. The van der Waals surface area contributed by atoms with Gasteiger partial charge in [0.15, 0.2) is 17.6 Å². The van der Waals surface area contributed by atoms with Crippen LogP contribution in [0.2, 0.25) is 0 Å². The van der Waals surface area contributed by atoms with E-state index in [0.29, 0.717) is 22.7 Å². The Balaban J connectivity index is 1.88. The average molecular weight is 437 g/mol. The van der Waals surface area contributed by atoms with Crippen molar-refractivity contribution < 1.29 is 29.2 Å². The molecule has 7 heteroatoms. The Bertz CT molecular complexity index is 1010. The molecule has 0 aliphatic heterocycles. The Morgan fingerprint density at radius 1 is 1.03 bits per heavy atom. The highest BCUT2D eigenvalue weighted by molar-refractivity contribution is 5.84. The topological polar surface area (TPSA) is 97.3 Å². The van der Waals surface area contributed by atoms with Crippen molar-refractivity contribution in [1.29, 1.82) is 0 Å². The van der Waals surface area contributed by atoms with Gasteiger partial charge in [-0.05, 0) is 43.3 Å². The lowest BCUT2D eigenvalue weighted by Crippen LogP contribution is -2.31. The van der Waals surface area contributed by atoms with Crippen LogP contribution in [-0.4, -0.2) is 36.1 Å². The summed E-state index contributed by atoms with van der Waals surface area (Å²) < 4.78 is 16.9. The summed E-state index contributed by atoms with van der Waals surface area (Å²) in [5.41, 5.74) is 2.14. The lowest BCUT2D eigenvalue weighted by atomic mass is 10.0. The quantitative estimate of drug-likeness (QED) is 0.444. The molecule has 3 rings (SSSR count). The van der Waals surface area contributed by atoms with Gasteiger partial charge < -0.3 is 24.4 Å². The maximum absolute atomic E-state index is 12.7. The van der Waals surface area contributed by atoms with E-state index in [1.807, 2.05) is 37.3 Å². The Kier molecular flexibility index (Phi) is 7.94. The number of methoxy groups -OCH3 is 1. The molecular weight excluding hydrogens is 410 g/mol. The van der Waals surface area contributed by atoms with Gasteiger partial charge >= 0.3 is 6.09 Å². The highest BCUT2D eigenvalue weighted by Gasteiger charge is 2.30. The standard InChI is InChI=1S/C25H27NO6/c1-17-8-11-19(12-9-17)26-25(29)32-24(18-10-13-22(30-2)21(28)16-18)23(14-15-27)31-20-6-4-3-5-7-20/h3-13,16,23-24,27-28H,14-15H2,1-2H3,(H,26,29)/t23-,24-/m1/s1. The number of carbonyl (C=O) groups excluding carboxylic acids is 1. The van der Waals surface area contributed by atoms with Gasteiger partial charge in [0.2, 0.25) is 0 Å². The molecule has 0 saturated heterocycles. The number of hydrogen-bond donors (Lipinski definition) is 3. The van der Waals surface area contributed by atoms with Gasteiger partial charge in [0, 0.05) is 24.3 Å². The summed E-state index contributed by atoms with van der Waals surface area (Å²) in [5, 5.41) is 22.6. The summed E-state index contributed by atoms with van der Waals surface area (Å²) in [6, 6.07) is 21.1. The molecule has 3 N–H and O–H groups in total. The first-order chi connectivity index (χ1) is 15.5. The van der Waals surface area contributed by atoms with Crippen LogP contribution in [0.15, 0.2) is 72.8 Å². The Morgan fingerprint density at radius 2 is 1.75 bits per heavy atom. The summed E-state index contributed by atoms with van der Waals surface area (Å²) >= 11 is 0. The number of rotatable bonds is 9. The van der Waals surface area contributed by atoms with Crippen molar-refractivity contribution in [2.45, 2.75) is 25.6 Å². The number of phenolic OH excluding ortho intramolecular Hbond substituents is 1. The predicted octanol–water partition coefficient (Wildman–Crippen LogP) is 4.83. The number of aryl methyl sites for hydroxylation is 1. The van der Waals surface area contributed by atoms with Crippen LogP contribution in [0.5, 0.6) is 17.2 Å². The second kappa shape index (κ2) is 11.1. The zero-order valence-corrected chi connectivity index (χ0v) is 18.0. The van der Waals surface area contributed by atoms with Crippen LogP contribution < -0.4 is 14.8 Å². The highest BCUT2D eigenvalue weighted by atomic mass is 16.6. The first-order valence-electron chi connectivity index (χ1n) is 10.2. The maximum Gasteiger partial charge on any atom is 0.412 e. The molecular formula is C25H27NO6. The molecule has 0 aromatic heterocycles. The predicted molar refractivity (Wildman–Crippen MR) is 121 cm³/mol. The van der Waals surface area contributed by atoms with Crippen LogP contribution in [0.3, 0.4) is 0 Å². The second-order valence-corrected chi connectivity index (χ2v) is 7.23. The number of phenols is 1. The molecule has 0 aliphatic carbocycles. The van der Waals surface area contributed by atoms with Crippen LogP contribution in [0.1, 0.15) is 23.7 Å². The van der Waals surface area contributed by atoms with E-state index in [9.17, 15) is 15.0 Å². The Morgan fingerprint density at radius 3 is 2.38 bits per heavy atom. The highest BCUT2D eigenvalue weighted by Crippen LogP contribution is 2.34. The normalized spacial score (nSPS) is 12.5. The van der Waals surface area contributed by atoms with Crippen molar-refractivity contribution in [3.05, 3.63) is 83.9 Å². The van der Waals surface area contributed by atoms with E-state index in [-0.39, 0.29) is 18.8 Å². The second-order valence-electron chi connectivity index (χ2n) is 7.23. The van der Waals surface area contributed by atoms with Crippen molar-refractivity contribution >= 4 is 11.8 Å². The van der Waals surface area contributed by atoms with E-state index in [0.717, 1.165) is 5.56 Å². The summed E-state index contributed by atoms with van der Waals surface area (Å²) in [6.07, 6.45) is -2.11. The molecule has 3 aromatic rings. The van der Waals surface area contributed by atoms with Gasteiger partial charge in [0.25, 0.3) is 0 Å². The molecule has 0 fully saturated rings. The van der Waals surface area contributed by atoms with E-state index < -0.39 is 18.3 Å². The minimum Gasteiger partial charge on any atom is -0.504 e. The zero-order valence-electron chi connectivity index (χ0n) is 18.0. The third kappa shape index (κ3) is 6.15. The lowest BCUT2D eigenvalue weighted by Gasteiger charge is -2.28. The van der Waals surface area contributed by atoms with Gasteiger partial charge in [-0.3, -0.25) is 5.32 Å². The van der Waals surface area contributed by atoms with Gasteiger partial charge in [-0.15, -0.1) is 0 Å². The number of benzene rings is 3. The first kappa shape index (κ1) is 23.0. The molecule has 32 heavy (non-hydrogen) atoms. The molecule has 0 radical (unpaired) electrons. The number of carbonyl (C=O) groups is 1. The Labute approximate surface area is 187 Å². The molecule has 0 heterocycles. The number of anilines is 1. The van der Waals surface area contributed by atoms with Gasteiger partial charge in [-0.2, -0.15) is 0 Å². The fourth-order valence-electron chi connectivity index (χ4n) is 3.22. The molecule has 2 atom stereocenters. The Hall–Kier alpha value is -3.71. The smallest absolute Gasteiger partial charge is 0.412 e. The fraction of sp³-hybridized carbons (Fsp3) is 0.240. The fourth-order valence-corrected chi connectivity index (χ4v) is 3.22. The van der Waals surface area contributed by atoms with Crippen molar-refractivity contribution in [3.63, 3.8) is 0 Å². The first-order valence-corrected chi connectivity index (χ1v) is 10.2. The van der Waals surface area contributed by atoms with Crippen molar-refractivity contribution in [2.75, 3.05) is 19.0 Å². The van der Waals surface area contributed by atoms with Crippen LogP contribution >= 0.6 is 0 Å². The number of amides is 1. The van der Waals surface area contributed by atoms with Crippen molar-refractivity contribution in [1.82, 2.24) is 0 Å². The molecule has 0 unspecified atom stereocenters. The number of aliphatic hydroxyl groups excluding tert-OH is 1. The van der Waals surface area contributed by atoms with Crippen LogP contribution in [0.25, 0.3) is 0 Å². The summed E-state index contributed by atoms with van der Waals surface area (Å²) in [5.74, 6) is 0.760. The molecule has 0 bridgehead atoms. The zero-order chi connectivity index (χ0) is 22.9. The van der Waals surface area contributed by atoms with E-state index >= 15 is 0 Å². The molecule has 1 amide bonds. The van der Waals surface area contributed by atoms with Crippen LogP contribution in [-0.2, 0) is 4.74 Å². The summed E-state index contributed by atoms with van der Waals surface area (Å²) in [7, 11) is 1.45. The third-order valence-corrected chi connectivity index (χ3v) is 4.85. The van der Waals surface area contributed by atoms with Gasteiger partial charge in [0.05, 0.1) is 7.11 Å². The molecule has 168 valence electrons. The number of aliphatic hydroxyl groups is 1.